The molecule has 13 heavy (non-hydrogen) atoms. The molecule has 2 rings (SSSR count). The Labute approximate surface area is 84.7 Å². The Morgan fingerprint density at radius 1 is 1.62 bits per heavy atom. The van der Waals surface area contributed by atoms with Crippen LogP contribution in [0.25, 0.3) is 5.65 Å². The molecule has 64 valence electrons. The van der Waals surface area contributed by atoms with Crippen molar-refractivity contribution < 1.29 is 0 Å². The Hall–Kier alpha value is -1.27. The molecule has 0 unspecified atom stereocenters. The Morgan fingerprint density at radius 3 is 3.00 bits per heavy atom. The van der Waals surface area contributed by atoms with Gasteiger partial charge in [0.25, 0.3) is 0 Å². The van der Waals surface area contributed by atoms with Crippen molar-refractivity contribution in [3.8, 4) is 12.3 Å². The van der Waals surface area contributed by atoms with Crippen molar-refractivity contribution in [3.63, 3.8) is 0 Å². The van der Waals surface area contributed by atoms with E-state index in [1.54, 1.807) is 0 Å². The van der Waals surface area contributed by atoms with Crippen LogP contribution in [0.2, 0.25) is 0 Å². The molecule has 2 nitrogen and oxygen atoms in total. The van der Waals surface area contributed by atoms with E-state index in [0.717, 1.165) is 15.8 Å². The number of fused-ring (bicyclic) bond motifs is 1. The van der Waals surface area contributed by atoms with Gasteiger partial charge in [0.1, 0.15) is 15.9 Å². The molecule has 0 aliphatic heterocycles. The van der Waals surface area contributed by atoms with E-state index in [4.69, 9.17) is 6.42 Å². The number of aromatic nitrogens is 2. The smallest absolute Gasteiger partial charge is 0.146 e. The first-order chi connectivity index (χ1) is 6.24. The quantitative estimate of drug-likeness (QED) is 0.641. The van der Waals surface area contributed by atoms with Gasteiger partial charge in [0.05, 0.1) is 0 Å². The van der Waals surface area contributed by atoms with Gasteiger partial charge in [-0.3, -0.25) is 4.40 Å². The fraction of sp³-hybridized carbons (Fsp3) is 0.100. The summed E-state index contributed by atoms with van der Waals surface area (Å²) in [7, 11) is 0. The van der Waals surface area contributed by atoms with Gasteiger partial charge in [0.2, 0.25) is 0 Å². The second-order valence-electron chi connectivity index (χ2n) is 2.78. The van der Waals surface area contributed by atoms with Gasteiger partial charge < -0.3 is 0 Å². The highest BCUT2D eigenvalue weighted by atomic mass is 79.9. The molecule has 0 radical (unpaired) electrons. The largest absolute Gasteiger partial charge is 0.293 e. The van der Waals surface area contributed by atoms with Crippen LogP contribution < -0.4 is 0 Å². The van der Waals surface area contributed by atoms with Gasteiger partial charge in [-0.25, -0.2) is 4.98 Å². The maximum absolute atomic E-state index is 5.31. The van der Waals surface area contributed by atoms with E-state index in [1.165, 1.54) is 0 Å². The summed E-state index contributed by atoms with van der Waals surface area (Å²) in [4.78, 5) is 4.31. The minimum atomic E-state index is 0.648. The lowest BCUT2D eigenvalue weighted by atomic mass is 10.3. The summed E-state index contributed by atoms with van der Waals surface area (Å²) in [5, 5.41) is 0. The zero-order valence-electron chi connectivity index (χ0n) is 7.08. The molecule has 2 heterocycles. The third-order valence-electron chi connectivity index (χ3n) is 1.92. The molecular weight excluding hydrogens is 228 g/mol. The number of hydrogen-bond donors (Lipinski definition) is 0. The molecule has 3 heteroatoms. The lowest BCUT2D eigenvalue weighted by molar-refractivity contribution is 1.13. The molecule has 0 amide bonds. The molecule has 2 aromatic heterocycles. The van der Waals surface area contributed by atoms with E-state index < -0.39 is 0 Å². The molecule has 0 N–H and O–H groups in total. The third-order valence-corrected chi connectivity index (χ3v) is 2.68. The van der Waals surface area contributed by atoms with Crippen LogP contribution in [-0.4, -0.2) is 9.38 Å². The van der Waals surface area contributed by atoms with Crippen LogP contribution in [0, 0.1) is 19.3 Å². The summed E-state index contributed by atoms with van der Waals surface area (Å²) < 4.78 is 2.78. The summed E-state index contributed by atoms with van der Waals surface area (Å²) >= 11 is 3.40. The molecule has 2 aromatic rings. The van der Waals surface area contributed by atoms with E-state index in [9.17, 15) is 0 Å². The molecule has 0 bridgehead atoms. The summed E-state index contributed by atoms with van der Waals surface area (Å²) in [6, 6.07) is 3.98. The van der Waals surface area contributed by atoms with E-state index in [0.29, 0.717) is 5.69 Å². The van der Waals surface area contributed by atoms with Crippen molar-refractivity contribution in [3.05, 3.63) is 34.2 Å². The van der Waals surface area contributed by atoms with Gasteiger partial charge in [0.15, 0.2) is 0 Å². The molecule has 0 saturated heterocycles. The summed E-state index contributed by atoms with van der Waals surface area (Å²) in [5.41, 5.74) is 2.67. The highest BCUT2D eigenvalue weighted by Crippen LogP contribution is 2.19. The van der Waals surface area contributed by atoms with Gasteiger partial charge in [-0.2, -0.15) is 0 Å². The average Bonchev–Trinajstić information content (AvgIpc) is 2.45. The van der Waals surface area contributed by atoms with E-state index in [2.05, 4.69) is 26.8 Å². The van der Waals surface area contributed by atoms with Crippen molar-refractivity contribution in [2.45, 2.75) is 6.92 Å². The molecule has 0 spiro atoms. The standard InChI is InChI=1S/C10H7BrN2/c1-3-8-9(11)13-6-4-5-7(2)10(13)12-8/h1,4-6H,2H3. The highest BCUT2D eigenvalue weighted by molar-refractivity contribution is 9.10. The molecule has 0 aliphatic carbocycles. The Balaban J connectivity index is 2.94. The first-order valence-corrected chi connectivity index (χ1v) is 4.63. The number of halogens is 1. The molecule has 0 aliphatic rings. The van der Waals surface area contributed by atoms with Crippen molar-refractivity contribution in [2.75, 3.05) is 0 Å². The fourth-order valence-electron chi connectivity index (χ4n) is 1.27. The number of aryl methyl sites for hydroxylation is 1. The minimum absolute atomic E-state index is 0.648. The number of terminal acetylenes is 1. The van der Waals surface area contributed by atoms with Crippen LogP contribution in [0.15, 0.2) is 22.9 Å². The Bertz CT molecular complexity index is 505. The van der Waals surface area contributed by atoms with Crippen molar-refractivity contribution in [1.82, 2.24) is 9.38 Å². The number of pyridine rings is 1. The molecular formula is C10H7BrN2. The third kappa shape index (κ3) is 1.14. The average molecular weight is 235 g/mol. The van der Waals surface area contributed by atoms with Crippen molar-refractivity contribution >= 4 is 21.6 Å². The van der Waals surface area contributed by atoms with Crippen LogP contribution >= 0.6 is 15.9 Å². The van der Waals surface area contributed by atoms with Crippen LogP contribution in [0.3, 0.4) is 0 Å². The zero-order chi connectivity index (χ0) is 9.42. The predicted molar refractivity (Wildman–Crippen MR) is 55.6 cm³/mol. The number of nitrogens with zero attached hydrogens (tertiary/aromatic N) is 2. The van der Waals surface area contributed by atoms with Crippen LogP contribution in [0.4, 0.5) is 0 Å². The normalized spacial score (nSPS) is 10.2. The van der Waals surface area contributed by atoms with Crippen molar-refractivity contribution in [2.24, 2.45) is 0 Å². The van der Waals surface area contributed by atoms with Gasteiger partial charge in [-0.05, 0) is 40.4 Å². The number of rotatable bonds is 0. The van der Waals surface area contributed by atoms with Crippen molar-refractivity contribution in [1.29, 1.82) is 0 Å². The van der Waals surface area contributed by atoms with E-state index in [1.807, 2.05) is 29.7 Å². The topological polar surface area (TPSA) is 17.3 Å². The highest BCUT2D eigenvalue weighted by Gasteiger charge is 2.07. The van der Waals surface area contributed by atoms with Crippen LogP contribution in [-0.2, 0) is 0 Å². The summed E-state index contributed by atoms with van der Waals surface area (Å²) in [5.74, 6) is 2.53. The SMILES string of the molecule is C#Cc1nc2c(C)cccn2c1Br. The first-order valence-electron chi connectivity index (χ1n) is 3.84. The van der Waals surface area contributed by atoms with Crippen LogP contribution in [0.5, 0.6) is 0 Å². The molecule has 0 atom stereocenters. The second-order valence-corrected chi connectivity index (χ2v) is 3.53. The predicted octanol–water partition coefficient (Wildman–Crippen LogP) is 2.39. The van der Waals surface area contributed by atoms with Gasteiger partial charge in [0, 0.05) is 6.20 Å². The van der Waals surface area contributed by atoms with E-state index >= 15 is 0 Å². The zero-order valence-corrected chi connectivity index (χ0v) is 8.67. The lowest BCUT2D eigenvalue weighted by Crippen LogP contribution is -1.85. The van der Waals surface area contributed by atoms with Gasteiger partial charge in [-0.1, -0.05) is 6.07 Å². The molecule has 0 aromatic carbocycles. The fourth-order valence-corrected chi connectivity index (χ4v) is 1.76. The minimum Gasteiger partial charge on any atom is -0.293 e. The molecule has 0 saturated carbocycles. The lowest BCUT2D eigenvalue weighted by Gasteiger charge is -1.96. The monoisotopic (exact) mass is 234 g/mol. The van der Waals surface area contributed by atoms with Crippen LogP contribution in [0.1, 0.15) is 11.3 Å². The first kappa shape index (κ1) is 8.33. The summed E-state index contributed by atoms with van der Waals surface area (Å²) in [6.45, 7) is 2.01. The van der Waals surface area contributed by atoms with Gasteiger partial charge >= 0.3 is 0 Å². The Kier molecular flexibility index (Phi) is 1.86. The number of hydrogen-bond acceptors (Lipinski definition) is 1. The Morgan fingerprint density at radius 2 is 2.38 bits per heavy atom. The maximum Gasteiger partial charge on any atom is 0.146 e. The summed E-state index contributed by atoms with van der Waals surface area (Å²) in [6.07, 6.45) is 7.24. The van der Waals surface area contributed by atoms with Gasteiger partial charge in [-0.15, -0.1) is 6.42 Å². The maximum atomic E-state index is 5.31. The second kappa shape index (κ2) is 2.90. The molecule has 0 fully saturated rings. The number of imidazole rings is 1. The van der Waals surface area contributed by atoms with E-state index in [-0.39, 0.29) is 0 Å².